The molecule has 1 nitrogen and oxygen atoms in total. The lowest BCUT2D eigenvalue weighted by Crippen LogP contribution is -2.48. The first kappa shape index (κ1) is 14.0. The zero-order chi connectivity index (χ0) is 13.9. The maximum atomic E-state index is 2.80. The van der Waals surface area contributed by atoms with E-state index in [9.17, 15) is 0 Å². The van der Waals surface area contributed by atoms with Gasteiger partial charge in [0.2, 0.25) is 0 Å². The molecule has 1 aromatic rings. The molecule has 2 aliphatic rings. The Morgan fingerprint density at radius 2 is 1.95 bits per heavy atom. The normalized spacial score (nSPS) is 24.6. The average Bonchev–Trinajstić information content (AvgIpc) is 2.47. The fourth-order valence-electron chi connectivity index (χ4n) is 4.41. The van der Waals surface area contributed by atoms with Crippen molar-refractivity contribution in [2.75, 3.05) is 11.4 Å². The topological polar surface area (TPSA) is 3.24 Å². The molecule has 0 aliphatic carbocycles. The largest absolute Gasteiger partial charge is 0.368 e. The van der Waals surface area contributed by atoms with Gasteiger partial charge in [0, 0.05) is 18.3 Å². The number of anilines is 1. The van der Waals surface area contributed by atoms with Crippen LogP contribution in [0.5, 0.6) is 0 Å². The molecular weight excluding hydrogens is 242 g/mol. The van der Waals surface area contributed by atoms with Gasteiger partial charge < -0.3 is 4.90 Å². The monoisotopic (exact) mass is 271 g/mol. The molecule has 2 atom stereocenters. The van der Waals surface area contributed by atoms with E-state index >= 15 is 0 Å². The van der Waals surface area contributed by atoms with Crippen LogP contribution in [0.1, 0.15) is 63.5 Å². The minimum Gasteiger partial charge on any atom is -0.368 e. The Kier molecular flexibility index (Phi) is 4.33. The van der Waals surface area contributed by atoms with E-state index in [2.05, 4.69) is 36.9 Å². The molecule has 0 fully saturated rings. The molecule has 0 amide bonds. The maximum absolute atomic E-state index is 2.80. The highest BCUT2D eigenvalue weighted by Crippen LogP contribution is 2.42. The minimum absolute atomic E-state index is 0.809. The Morgan fingerprint density at radius 1 is 1.10 bits per heavy atom. The second-order valence-electron chi connectivity index (χ2n) is 6.68. The van der Waals surface area contributed by atoms with E-state index in [-0.39, 0.29) is 0 Å². The van der Waals surface area contributed by atoms with Gasteiger partial charge in [-0.3, -0.25) is 0 Å². The molecule has 2 unspecified atom stereocenters. The van der Waals surface area contributed by atoms with Crippen molar-refractivity contribution in [1.29, 1.82) is 0 Å². The van der Waals surface area contributed by atoms with E-state index in [1.54, 1.807) is 16.8 Å². The van der Waals surface area contributed by atoms with Gasteiger partial charge in [0.15, 0.2) is 0 Å². The predicted octanol–water partition coefficient (Wildman–Crippen LogP) is 4.97. The molecule has 20 heavy (non-hydrogen) atoms. The number of hydrogen-bond acceptors (Lipinski definition) is 1. The first-order chi connectivity index (χ1) is 9.85. The zero-order valence-electron chi connectivity index (χ0n) is 13.2. The number of unbranched alkanes of at least 4 members (excludes halogenated alkanes) is 1. The SMILES string of the molecule is CCCCC1C(CCC)Cc2cccc3c2N1CCC3. The van der Waals surface area contributed by atoms with Crippen molar-refractivity contribution in [3.05, 3.63) is 29.3 Å². The molecule has 0 spiro atoms. The van der Waals surface area contributed by atoms with Crippen LogP contribution >= 0.6 is 0 Å². The van der Waals surface area contributed by atoms with Gasteiger partial charge in [0.1, 0.15) is 0 Å². The summed E-state index contributed by atoms with van der Waals surface area (Å²) in [4.78, 5) is 2.80. The van der Waals surface area contributed by atoms with Crippen LogP contribution in [0, 0.1) is 5.92 Å². The Bertz CT molecular complexity index is 451. The first-order valence-electron chi connectivity index (χ1n) is 8.72. The number of hydrogen-bond donors (Lipinski definition) is 0. The summed E-state index contributed by atoms with van der Waals surface area (Å²) < 4.78 is 0. The van der Waals surface area contributed by atoms with Crippen LogP contribution in [0.25, 0.3) is 0 Å². The lowest BCUT2D eigenvalue weighted by molar-refractivity contribution is 0.323. The van der Waals surface area contributed by atoms with Crippen molar-refractivity contribution in [2.24, 2.45) is 5.92 Å². The first-order valence-corrected chi connectivity index (χ1v) is 8.72. The summed E-state index contributed by atoms with van der Waals surface area (Å²) >= 11 is 0. The van der Waals surface area contributed by atoms with Crippen molar-refractivity contribution >= 4 is 5.69 Å². The second-order valence-corrected chi connectivity index (χ2v) is 6.68. The number of para-hydroxylation sites is 1. The van der Waals surface area contributed by atoms with E-state index < -0.39 is 0 Å². The Morgan fingerprint density at radius 3 is 2.75 bits per heavy atom. The van der Waals surface area contributed by atoms with Gasteiger partial charge in [0.25, 0.3) is 0 Å². The third-order valence-corrected chi connectivity index (χ3v) is 5.27. The number of aryl methyl sites for hydroxylation is 1. The molecule has 2 aliphatic heterocycles. The minimum atomic E-state index is 0.809. The molecule has 1 aromatic carbocycles. The lowest BCUT2D eigenvalue weighted by Gasteiger charge is -2.47. The lowest BCUT2D eigenvalue weighted by atomic mass is 9.78. The van der Waals surface area contributed by atoms with E-state index in [1.807, 2.05) is 0 Å². The summed E-state index contributed by atoms with van der Waals surface area (Å²) in [6.07, 6.45) is 10.8. The van der Waals surface area contributed by atoms with Gasteiger partial charge >= 0.3 is 0 Å². The van der Waals surface area contributed by atoms with Crippen molar-refractivity contribution in [2.45, 2.75) is 71.3 Å². The molecule has 3 rings (SSSR count). The molecule has 0 N–H and O–H groups in total. The number of rotatable bonds is 5. The fourth-order valence-corrected chi connectivity index (χ4v) is 4.41. The summed E-state index contributed by atoms with van der Waals surface area (Å²) in [6.45, 7) is 5.96. The highest BCUT2D eigenvalue weighted by Gasteiger charge is 2.35. The molecule has 0 saturated carbocycles. The van der Waals surface area contributed by atoms with E-state index in [0.717, 1.165) is 12.0 Å². The van der Waals surface area contributed by atoms with Crippen LogP contribution in [-0.4, -0.2) is 12.6 Å². The molecule has 0 radical (unpaired) electrons. The standard InChI is InChI=1S/C19H29N/c1-3-5-12-18-16(8-4-2)14-17-10-6-9-15-11-7-13-20(18)19(15)17/h6,9-10,16,18H,3-5,7-8,11-14H2,1-2H3. The molecule has 0 bridgehead atoms. The van der Waals surface area contributed by atoms with Gasteiger partial charge in [-0.1, -0.05) is 51.3 Å². The van der Waals surface area contributed by atoms with Crippen molar-refractivity contribution in [3.63, 3.8) is 0 Å². The van der Waals surface area contributed by atoms with Gasteiger partial charge in [-0.2, -0.15) is 0 Å². The Balaban J connectivity index is 1.94. The molecule has 1 heteroatoms. The molecular formula is C19H29N. The summed E-state index contributed by atoms with van der Waals surface area (Å²) in [5.74, 6) is 0.882. The van der Waals surface area contributed by atoms with Crippen LogP contribution in [0.15, 0.2) is 18.2 Å². The number of benzene rings is 1. The summed E-state index contributed by atoms with van der Waals surface area (Å²) in [6, 6.07) is 7.84. The zero-order valence-corrected chi connectivity index (χ0v) is 13.2. The second kappa shape index (κ2) is 6.20. The molecule has 0 aromatic heterocycles. The van der Waals surface area contributed by atoms with Crippen molar-refractivity contribution in [1.82, 2.24) is 0 Å². The highest BCUT2D eigenvalue weighted by atomic mass is 15.2. The summed E-state index contributed by atoms with van der Waals surface area (Å²) in [7, 11) is 0. The third kappa shape index (κ3) is 2.47. The van der Waals surface area contributed by atoms with E-state index in [1.165, 1.54) is 57.9 Å². The quantitative estimate of drug-likeness (QED) is 0.731. The van der Waals surface area contributed by atoms with Gasteiger partial charge in [-0.25, -0.2) is 0 Å². The van der Waals surface area contributed by atoms with Crippen LogP contribution in [0.2, 0.25) is 0 Å². The van der Waals surface area contributed by atoms with Crippen LogP contribution in [-0.2, 0) is 12.8 Å². The van der Waals surface area contributed by atoms with Crippen molar-refractivity contribution < 1.29 is 0 Å². The van der Waals surface area contributed by atoms with Crippen LogP contribution < -0.4 is 4.90 Å². The molecule has 2 heterocycles. The predicted molar refractivity (Wildman–Crippen MR) is 87.5 cm³/mol. The highest BCUT2D eigenvalue weighted by molar-refractivity contribution is 5.64. The summed E-state index contributed by atoms with van der Waals surface area (Å²) in [5.41, 5.74) is 4.88. The van der Waals surface area contributed by atoms with Gasteiger partial charge in [-0.05, 0) is 49.1 Å². The summed E-state index contributed by atoms with van der Waals surface area (Å²) in [5, 5.41) is 0. The molecule has 0 saturated heterocycles. The average molecular weight is 271 g/mol. The van der Waals surface area contributed by atoms with Gasteiger partial charge in [0.05, 0.1) is 0 Å². The Labute approximate surface area is 124 Å². The maximum Gasteiger partial charge on any atom is 0.0434 e. The Hall–Kier alpha value is -0.980. The number of nitrogens with zero attached hydrogens (tertiary/aromatic N) is 1. The van der Waals surface area contributed by atoms with E-state index in [0.29, 0.717) is 0 Å². The third-order valence-electron chi connectivity index (χ3n) is 5.27. The van der Waals surface area contributed by atoms with Crippen LogP contribution in [0.4, 0.5) is 5.69 Å². The fraction of sp³-hybridized carbons (Fsp3) is 0.684. The smallest absolute Gasteiger partial charge is 0.0434 e. The van der Waals surface area contributed by atoms with E-state index in [4.69, 9.17) is 0 Å². The molecule has 110 valence electrons. The van der Waals surface area contributed by atoms with Crippen molar-refractivity contribution in [3.8, 4) is 0 Å². The van der Waals surface area contributed by atoms with Crippen LogP contribution in [0.3, 0.4) is 0 Å². The van der Waals surface area contributed by atoms with Gasteiger partial charge in [-0.15, -0.1) is 0 Å².